The van der Waals surface area contributed by atoms with Crippen molar-refractivity contribution in [1.82, 2.24) is 20.9 Å². The molecule has 2 unspecified atom stereocenters. The number of amides is 6. The molecule has 6 amide bonds. The fraction of sp³-hybridized carbons (Fsp3) is 0.542. The van der Waals surface area contributed by atoms with E-state index in [0.29, 0.717) is 11.1 Å². The van der Waals surface area contributed by atoms with Crippen molar-refractivity contribution < 1.29 is 38.9 Å². The van der Waals surface area contributed by atoms with Gasteiger partial charge in [-0.1, -0.05) is 25.0 Å². The predicted octanol–water partition coefficient (Wildman–Crippen LogP) is 1.22. The van der Waals surface area contributed by atoms with Crippen molar-refractivity contribution >= 4 is 35.7 Å². The largest absolute Gasteiger partial charge is 0.465 e. The molecule has 0 spiro atoms. The number of azide groups is 1. The number of primary amides is 1. The van der Waals surface area contributed by atoms with Crippen LogP contribution in [-0.4, -0.2) is 84.0 Å². The summed E-state index contributed by atoms with van der Waals surface area (Å²) in [5.41, 5.74) is 14.6. The maximum Gasteiger partial charge on any atom is 0.407 e. The van der Waals surface area contributed by atoms with Crippen molar-refractivity contribution in [2.24, 2.45) is 16.8 Å². The minimum absolute atomic E-state index is 0.0470. The number of nitrogens with two attached hydrogens (primary N) is 1. The molecule has 2 atom stereocenters. The molecule has 1 aromatic carbocycles. The number of hydrogen-bond donors (Lipinski definition) is 7. The average molecular weight is 580 g/mol. The van der Waals surface area contributed by atoms with Gasteiger partial charge in [-0.2, -0.15) is 0 Å². The van der Waals surface area contributed by atoms with Crippen molar-refractivity contribution in [3.05, 3.63) is 39.8 Å². The number of nitrogens with one attached hydrogen (secondary N) is 4. The van der Waals surface area contributed by atoms with Gasteiger partial charge in [0.25, 0.3) is 0 Å². The number of hydrogen-bond acceptors (Lipinski definition) is 8. The van der Waals surface area contributed by atoms with E-state index in [1.54, 1.807) is 13.8 Å². The molecule has 0 heterocycles. The molecule has 0 aliphatic carbocycles. The van der Waals surface area contributed by atoms with E-state index in [4.69, 9.17) is 16.0 Å². The Kier molecular flexibility index (Phi) is 14.8. The van der Waals surface area contributed by atoms with Crippen molar-refractivity contribution in [3.8, 4) is 0 Å². The highest BCUT2D eigenvalue weighted by atomic mass is 16.5. The summed E-state index contributed by atoms with van der Waals surface area (Å²) in [6.07, 6.45) is -1.74. The number of ether oxygens (including phenoxy) is 1. The van der Waals surface area contributed by atoms with Gasteiger partial charge in [0.2, 0.25) is 11.8 Å². The summed E-state index contributed by atoms with van der Waals surface area (Å²) in [5, 5.41) is 32.2. The number of anilines is 1. The Labute approximate surface area is 236 Å². The lowest BCUT2D eigenvalue weighted by atomic mass is 10.0. The lowest BCUT2D eigenvalue weighted by molar-refractivity contribution is -0.128. The molecule has 0 saturated heterocycles. The van der Waals surface area contributed by atoms with E-state index < -0.39 is 48.0 Å². The summed E-state index contributed by atoms with van der Waals surface area (Å²) in [7, 11) is 1.36. The summed E-state index contributed by atoms with van der Waals surface area (Å²) in [4.78, 5) is 64.3. The van der Waals surface area contributed by atoms with E-state index in [2.05, 4.69) is 31.3 Å². The Morgan fingerprint density at radius 3 is 2.44 bits per heavy atom. The molecule has 0 bridgehead atoms. The van der Waals surface area contributed by atoms with E-state index in [-0.39, 0.29) is 51.4 Å². The average Bonchev–Trinajstić information content (AvgIpc) is 2.91. The van der Waals surface area contributed by atoms with Gasteiger partial charge >= 0.3 is 18.2 Å². The first kappa shape index (κ1) is 34.3. The maximum atomic E-state index is 13.2. The third-order valence-corrected chi connectivity index (χ3v) is 5.69. The Morgan fingerprint density at radius 2 is 1.85 bits per heavy atom. The molecule has 0 fully saturated rings. The number of carboxylic acid groups (broad SMARTS) is 1. The SMILES string of the molecule is CC(C)C(NC(=O)OCCN=[N+]=[N-])C(=O)NC(CCCNC(N)=O)C(=O)Nc1ccc(CO)c(CN(C)C(=O)O)c1. The van der Waals surface area contributed by atoms with Crippen LogP contribution in [0.2, 0.25) is 0 Å². The highest BCUT2D eigenvalue weighted by Gasteiger charge is 2.29. The molecule has 0 aliphatic rings. The van der Waals surface area contributed by atoms with Crippen LogP contribution in [0.15, 0.2) is 23.3 Å². The quantitative estimate of drug-likeness (QED) is 0.0646. The zero-order valence-electron chi connectivity index (χ0n) is 23.1. The van der Waals surface area contributed by atoms with Crippen LogP contribution in [0.25, 0.3) is 10.4 Å². The molecule has 41 heavy (non-hydrogen) atoms. The lowest BCUT2D eigenvalue weighted by Crippen LogP contribution is -2.54. The van der Waals surface area contributed by atoms with Gasteiger partial charge < -0.3 is 46.9 Å². The smallest absolute Gasteiger partial charge is 0.407 e. The predicted molar refractivity (Wildman–Crippen MR) is 146 cm³/mol. The molecular weight excluding hydrogens is 542 g/mol. The van der Waals surface area contributed by atoms with Crippen LogP contribution in [0.4, 0.5) is 20.1 Å². The Hall–Kier alpha value is -4.76. The van der Waals surface area contributed by atoms with Crippen LogP contribution in [0.1, 0.15) is 37.8 Å². The second kappa shape index (κ2) is 17.8. The van der Waals surface area contributed by atoms with Crippen LogP contribution in [0, 0.1) is 5.92 Å². The van der Waals surface area contributed by atoms with Gasteiger partial charge in [0, 0.05) is 30.7 Å². The topological polar surface area (TPSA) is 261 Å². The highest BCUT2D eigenvalue weighted by Crippen LogP contribution is 2.19. The van der Waals surface area contributed by atoms with Crippen LogP contribution >= 0.6 is 0 Å². The minimum atomic E-state index is -1.18. The fourth-order valence-corrected chi connectivity index (χ4v) is 3.53. The lowest BCUT2D eigenvalue weighted by Gasteiger charge is -2.25. The molecule has 0 aromatic heterocycles. The zero-order chi connectivity index (χ0) is 30.9. The molecule has 1 rings (SSSR count). The van der Waals surface area contributed by atoms with Crippen LogP contribution < -0.4 is 27.0 Å². The number of aliphatic hydroxyl groups is 1. The third kappa shape index (κ3) is 12.8. The monoisotopic (exact) mass is 579 g/mol. The summed E-state index contributed by atoms with van der Waals surface area (Å²) < 4.78 is 4.90. The van der Waals surface area contributed by atoms with E-state index >= 15 is 0 Å². The number of benzene rings is 1. The Morgan fingerprint density at radius 1 is 1.15 bits per heavy atom. The first-order valence-electron chi connectivity index (χ1n) is 12.6. The van der Waals surface area contributed by atoms with Crippen LogP contribution in [0.5, 0.6) is 0 Å². The van der Waals surface area contributed by atoms with Crippen LogP contribution in [-0.2, 0) is 27.5 Å². The van der Waals surface area contributed by atoms with E-state index in [1.165, 1.54) is 25.2 Å². The summed E-state index contributed by atoms with van der Waals surface area (Å²) in [5.74, 6) is -1.69. The number of rotatable bonds is 16. The highest BCUT2D eigenvalue weighted by molar-refractivity contribution is 5.98. The first-order chi connectivity index (χ1) is 19.4. The number of carbonyl (C=O) groups is 5. The van der Waals surface area contributed by atoms with Gasteiger partial charge in [-0.3, -0.25) is 9.59 Å². The maximum absolute atomic E-state index is 13.2. The molecular formula is C24H37N9O8. The number of alkyl carbamates (subject to hydrolysis) is 1. The van der Waals surface area contributed by atoms with Gasteiger partial charge in [-0.05, 0) is 47.6 Å². The minimum Gasteiger partial charge on any atom is -0.465 e. The van der Waals surface area contributed by atoms with Crippen molar-refractivity contribution in [3.63, 3.8) is 0 Å². The normalized spacial score (nSPS) is 11.8. The second-order valence-electron chi connectivity index (χ2n) is 9.22. The van der Waals surface area contributed by atoms with Gasteiger partial charge in [-0.25, -0.2) is 14.4 Å². The molecule has 0 radical (unpaired) electrons. The van der Waals surface area contributed by atoms with E-state index in [1.807, 2.05) is 0 Å². The Bertz CT molecular complexity index is 1120. The second-order valence-corrected chi connectivity index (χ2v) is 9.22. The summed E-state index contributed by atoms with van der Waals surface area (Å²) in [6, 6.07) is 1.64. The summed E-state index contributed by atoms with van der Waals surface area (Å²) in [6.45, 7) is 2.81. The molecule has 0 aliphatic heterocycles. The van der Waals surface area contributed by atoms with Gasteiger partial charge in [0.05, 0.1) is 19.8 Å². The van der Waals surface area contributed by atoms with Gasteiger partial charge in [-0.15, -0.1) is 0 Å². The van der Waals surface area contributed by atoms with Gasteiger partial charge in [0.15, 0.2) is 0 Å². The number of nitrogens with zero attached hydrogens (tertiary/aromatic N) is 4. The number of aliphatic hydroxyl groups excluding tert-OH is 1. The van der Waals surface area contributed by atoms with Gasteiger partial charge in [0.1, 0.15) is 12.1 Å². The summed E-state index contributed by atoms with van der Waals surface area (Å²) >= 11 is 0. The van der Waals surface area contributed by atoms with E-state index in [9.17, 15) is 34.2 Å². The molecule has 8 N–H and O–H groups in total. The van der Waals surface area contributed by atoms with Crippen molar-refractivity contribution in [2.75, 3.05) is 32.1 Å². The third-order valence-electron chi connectivity index (χ3n) is 5.69. The molecule has 1 aromatic rings. The molecule has 226 valence electrons. The fourth-order valence-electron chi connectivity index (χ4n) is 3.53. The number of urea groups is 1. The van der Waals surface area contributed by atoms with E-state index in [0.717, 1.165) is 4.90 Å². The van der Waals surface area contributed by atoms with Crippen molar-refractivity contribution in [2.45, 2.75) is 51.9 Å². The van der Waals surface area contributed by atoms with Crippen LogP contribution in [0.3, 0.4) is 0 Å². The molecule has 17 nitrogen and oxygen atoms in total. The first-order valence-corrected chi connectivity index (χ1v) is 12.6. The van der Waals surface area contributed by atoms with Crippen molar-refractivity contribution in [1.29, 1.82) is 0 Å². The zero-order valence-corrected chi connectivity index (χ0v) is 23.1. The Balaban J connectivity index is 3.07. The standard InChI is InChI=1S/C24H37N9O8/c1-14(2)19(31-23(38)41-10-9-28-32-26)21(36)30-18(5-4-8-27-22(25)37)20(35)29-17-7-6-15(13-34)16(11-17)12-33(3)24(39)40/h6-7,11,14,18-19,34H,4-5,8-10,12-13H2,1-3H3,(H,29,35)(H,30,36)(H,31,38)(H,39,40)(H3,25,27,37). The number of carbonyl (C=O) groups excluding carboxylic acids is 4. The molecule has 17 heteroatoms. The molecule has 0 saturated carbocycles.